The number of phosphoric ester groups is 1. The molecule has 0 radical (unpaired) electrons. The lowest BCUT2D eigenvalue weighted by Gasteiger charge is -2.24. The molecule has 4 nitrogen and oxygen atoms in total. The molecule has 0 spiro atoms. The van der Waals surface area contributed by atoms with E-state index >= 15 is 0 Å². The van der Waals surface area contributed by atoms with Crippen LogP contribution in [0.25, 0.3) is 11.1 Å². The molecular weight excluding hydrogens is 239 g/mol. The van der Waals surface area contributed by atoms with Gasteiger partial charge in [-0.2, -0.15) is 0 Å². The van der Waals surface area contributed by atoms with Gasteiger partial charge in [-0.15, -0.1) is 0 Å². The molecule has 0 atom stereocenters. The van der Waals surface area contributed by atoms with E-state index in [1.807, 2.05) is 30.3 Å². The summed E-state index contributed by atoms with van der Waals surface area (Å²) < 4.78 is 21.3. The fourth-order valence-corrected chi connectivity index (χ4v) is 2.66. The molecule has 5 heteroatoms. The van der Waals surface area contributed by atoms with Gasteiger partial charge in [-0.1, -0.05) is 36.4 Å². The van der Waals surface area contributed by atoms with Crippen molar-refractivity contribution in [2.45, 2.75) is 0 Å². The van der Waals surface area contributed by atoms with E-state index < -0.39 is 7.82 Å². The Morgan fingerprint density at radius 3 is 2.06 bits per heavy atom. The first-order valence-electron chi connectivity index (χ1n) is 5.06. The second kappa shape index (κ2) is 3.62. The molecule has 2 aromatic carbocycles. The lowest BCUT2D eigenvalue weighted by molar-refractivity contribution is 0.282. The van der Waals surface area contributed by atoms with Gasteiger partial charge >= 0.3 is 7.82 Å². The predicted octanol–water partition coefficient (Wildman–Crippen LogP) is 3.23. The minimum atomic E-state index is -4.00. The summed E-state index contributed by atoms with van der Waals surface area (Å²) in [6, 6.07) is 14.5. The average molecular weight is 248 g/mol. The molecule has 0 fully saturated rings. The molecule has 17 heavy (non-hydrogen) atoms. The van der Waals surface area contributed by atoms with Crippen LogP contribution in [0.3, 0.4) is 0 Å². The largest absolute Gasteiger partial charge is 0.584 e. The van der Waals surface area contributed by atoms with Crippen molar-refractivity contribution in [3.05, 3.63) is 48.5 Å². The van der Waals surface area contributed by atoms with E-state index in [1.165, 1.54) is 0 Å². The summed E-state index contributed by atoms with van der Waals surface area (Å²) in [4.78, 5) is 9.35. The van der Waals surface area contributed by atoms with Crippen LogP contribution in [-0.2, 0) is 4.57 Å². The molecule has 0 aromatic heterocycles. The predicted molar refractivity (Wildman–Crippen MR) is 63.0 cm³/mol. The molecule has 0 saturated carbocycles. The summed E-state index contributed by atoms with van der Waals surface area (Å²) in [6.45, 7) is 0. The summed E-state index contributed by atoms with van der Waals surface area (Å²) in [5.41, 5.74) is 1.59. The number of rotatable bonds is 1. The van der Waals surface area contributed by atoms with Crippen LogP contribution in [0.5, 0.6) is 11.5 Å². The van der Waals surface area contributed by atoms with Crippen LogP contribution in [0.1, 0.15) is 0 Å². The first-order valence-corrected chi connectivity index (χ1v) is 6.56. The normalized spacial score (nSPS) is 15.8. The first kappa shape index (κ1) is 10.4. The third kappa shape index (κ3) is 1.82. The molecule has 0 saturated heterocycles. The Bertz CT molecular complexity index is 581. The van der Waals surface area contributed by atoms with Gasteiger partial charge in [0.25, 0.3) is 0 Å². The Labute approximate surface area is 98.1 Å². The van der Waals surface area contributed by atoms with Gasteiger partial charge in [0.15, 0.2) is 0 Å². The maximum atomic E-state index is 11.4. The molecule has 1 aliphatic heterocycles. The van der Waals surface area contributed by atoms with Crippen LogP contribution >= 0.6 is 7.82 Å². The van der Waals surface area contributed by atoms with Crippen molar-refractivity contribution in [1.82, 2.24) is 0 Å². The van der Waals surface area contributed by atoms with Gasteiger partial charge in [0, 0.05) is 0 Å². The SMILES string of the molecule is O=P1(O)Oc2cccc(c2-c2ccccc2)O1. The van der Waals surface area contributed by atoms with Crippen molar-refractivity contribution in [1.29, 1.82) is 0 Å². The van der Waals surface area contributed by atoms with E-state index in [9.17, 15) is 9.46 Å². The molecule has 0 amide bonds. The molecule has 1 aliphatic rings. The van der Waals surface area contributed by atoms with Crippen LogP contribution in [0.4, 0.5) is 0 Å². The van der Waals surface area contributed by atoms with E-state index in [2.05, 4.69) is 0 Å². The Morgan fingerprint density at radius 2 is 1.47 bits per heavy atom. The van der Waals surface area contributed by atoms with Gasteiger partial charge in [0.1, 0.15) is 11.5 Å². The maximum Gasteiger partial charge on any atom is 0.584 e. The van der Waals surface area contributed by atoms with Gasteiger partial charge < -0.3 is 9.05 Å². The fraction of sp³-hybridized carbons (Fsp3) is 0. The lowest BCUT2D eigenvalue weighted by Crippen LogP contribution is -2.07. The molecular formula is C12H9O4P. The van der Waals surface area contributed by atoms with E-state index in [4.69, 9.17) is 9.05 Å². The van der Waals surface area contributed by atoms with Gasteiger partial charge in [-0.25, -0.2) is 4.57 Å². The van der Waals surface area contributed by atoms with E-state index in [1.54, 1.807) is 18.2 Å². The maximum absolute atomic E-state index is 11.4. The zero-order valence-electron chi connectivity index (χ0n) is 8.74. The molecule has 1 N–H and O–H groups in total. The van der Waals surface area contributed by atoms with Crippen molar-refractivity contribution in [3.63, 3.8) is 0 Å². The van der Waals surface area contributed by atoms with Crippen molar-refractivity contribution in [3.8, 4) is 22.6 Å². The smallest absolute Gasteiger partial charge is 0.394 e. The Hall–Kier alpha value is -1.77. The highest BCUT2D eigenvalue weighted by Crippen LogP contribution is 2.55. The van der Waals surface area contributed by atoms with Crippen molar-refractivity contribution < 1.29 is 18.5 Å². The van der Waals surface area contributed by atoms with E-state index in [-0.39, 0.29) is 0 Å². The monoisotopic (exact) mass is 248 g/mol. The topological polar surface area (TPSA) is 55.8 Å². The third-order valence-corrected chi connectivity index (χ3v) is 3.33. The fourth-order valence-electron chi connectivity index (χ4n) is 1.82. The quantitative estimate of drug-likeness (QED) is 0.787. The van der Waals surface area contributed by atoms with Crippen LogP contribution in [0.2, 0.25) is 0 Å². The minimum Gasteiger partial charge on any atom is -0.394 e. The summed E-state index contributed by atoms with van der Waals surface area (Å²) in [5, 5.41) is 0. The van der Waals surface area contributed by atoms with E-state index in [0.717, 1.165) is 5.56 Å². The second-order valence-electron chi connectivity index (χ2n) is 3.65. The standard InChI is InChI=1S/C12H9O4P/c13-17(14)15-10-7-4-8-11(16-17)12(10)9-5-2-1-3-6-9/h1-8H,(H,13,14). The van der Waals surface area contributed by atoms with Crippen molar-refractivity contribution in [2.24, 2.45) is 0 Å². The summed E-state index contributed by atoms with van der Waals surface area (Å²) >= 11 is 0. The van der Waals surface area contributed by atoms with Gasteiger partial charge in [-0.05, 0) is 17.7 Å². The van der Waals surface area contributed by atoms with Gasteiger partial charge in [0.2, 0.25) is 0 Å². The van der Waals surface area contributed by atoms with Crippen molar-refractivity contribution >= 4 is 7.82 Å². The van der Waals surface area contributed by atoms with E-state index in [0.29, 0.717) is 17.1 Å². The number of benzene rings is 2. The summed E-state index contributed by atoms with van der Waals surface area (Å²) in [6.07, 6.45) is 0. The zero-order valence-corrected chi connectivity index (χ0v) is 9.63. The van der Waals surface area contributed by atoms with Crippen LogP contribution < -0.4 is 9.05 Å². The van der Waals surface area contributed by atoms with Crippen LogP contribution in [0, 0.1) is 0 Å². The molecule has 86 valence electrons. The lowest BCUT2D eigenvalue weighted by atomic mass is 10.0. The highest BCUT2D eigenvalue weighted by atomic mass is 31.2. The molecule has 0 unspecified atom stereocenters. The summed E-state index contributed by atoms with van der Waals surface area (Å²) in [5.74, 6) is 0.733. The van der Waals surface area contributed by atoms with Crippen LogP contribution in [-0.4, -0.2) is 4.89 Å². The summed E-state index contributed by atoms with van der Waals surface area (Å²) in [7, 11) is -4.00. The minimum absolute atomic E-state index is 0.366. The number of hydrogen-bond donors (Lipinski definition) is 1. The highest BCUT2D eigenvalue weighted by molar-refractivity contribution is 7.48. The van der Waals surface area contributed by atoms with Crippen molar-refractivity contribution in [2.75, 3.05) is 0 Å². The molecule has 1 heterocycles. The van der Waals surface area contributed by atoms with Gasteiger partial charge in [-0.3, -0.25) is 4.89 Å². The molecule has 3 rings (SSSR count). The Morgan fingerprint density at radius 1 is 0.882 bits per heavy atom. The molecule has 2 bridgehead atoms. The van der Waals surface area contributed by atoms with Gasteiger partial charge in [0.05, 0.1) is 5.56 Å². The molecule has 0 aliphatic carbocycles. The third-order valence-electron chi connectivity index (χ3n) is 2.48. The second-order valence-corrected chi connectivity index (χ2v) is 4.95. The highest BCUT2D eigenvalue weighted by Gasteiger charge is 2.33. The number of fused-ring (bicyclic) bond motifs is 2. The molecule has 2 aromatic rings. The average Bonchev–Trinajstić information content (AvgIpc) is 2.28. The first-order chi connectivity index (χ1) is 8.16. The zero-order chi connectivity index (χ0) is 11.9. The Balaban J connectivity index is 2.21. The Kier molecular flexibility index (Phi) is 2.21. The van der Waals surface area contributed by atoms with Crippen LogP contribution in [0.15, 0.2) is 48.5 Å². The number of phosphoric acid groups is 1. The number of hydrogen-bond acceptors (Lipinski definition) is 3.